The highest BCUT2D eigenvalue weighted by atomic mass is 16.3. The summed E-state index contributed by atoms with van der Waals surface area (Å²) in [6.45, 7) is 0.206. The monoisotopic (exact) mass is 269 g/mol. The van der Waals surface area contributed by atoms with Crippen molar-refractivity contribution in [1.29, 1.82) is 0 Å². The molecule has 0 amide bonds. The van der Waals surface area contributed by atoms with Gasteiger partial charge in [-0.05, 0) is 13.0 Å². The molecule has 0 aromatic carbocycles. The highest BCUT2D eigenvalue weighted by Gasteiger charge is 2.22. The van der Waals surface area contributed by atoms with Crippen LogP contribution in [0, 0.1) is 0 Å². The maximum Gasteiger partial charge on any atom is 0.329 e. The fourth-order valence-electron chi connectivity index (χ4n) is 1.77. The SMILES string of the molecule is Cn1c(=O)[nH]c(=O)c2[nH]c(C(O)C(O)CCN)nc21. The molecule has 0 fully saturated rings. The van der Waals surface area contributed by atoms with Crippen LogP contribution >= 0.6 is 0 Å². The summed E-state index contributed by atoms with van der Waals surface area (Å²) in [5, 5.41) is 19.5. The molecule has 2 aromatic rings. The number of hydrogen-bond donors (Lipinski definition) is 5. The number of aromatic nitrogens is 4. The summed E-state index contributed by atoms with van der Waals surface area (Å²) >= 11 is 0. The summed E-state index contributed by atoms with van der Waals surface area (Å²) in [4.78, 5) is 31.7. The van der Waals surface area contributed by atoms with Crippen LogP contribution in [0.15, 0.2) is 9.59 Å². The second-order valence-corrected chi connectivity index (χ2v) is 4.23. The van der Waals surface area contributed by atoms with Crippen molar-refractivity contribution in [2.45, 2.75) is 18.6 Å². The lowest BCUT2D eigenvalue weighted by atomic mass is 10.1. The van der Waals surface area contributed by atoms with E-state index in [1.54, 1.807) is 0 Å². The van der Waals surface area contributed by atoms with Crippen molar-refractivity contribution in [3.05, 3.63) is 26.7 Å². The van der Waals surface area contributed by atoms with Gasteiger partial charge in [0.2, 0.25) is 0 Å². The summed E-state index contributed by atoms with van der Waals surface area (Å²) in [6.07, 6.45) is -2.21. The fourth-order valence-corrected chi connectivity index (χ4v) is 1.77. The van der Waals surface area contributed by atoms with Gasteiger partial charge in [-0.3, -0.25) is 14.3 Å². The minimum atomic E-state index is -1.30. The number of aryl methyl sites for hydroxylation is 1. The first-order valence-electron chi connectivity index (χ1n) is 5.70. The van der Waals surface area contributed by atoms with Crippen molar-refractivity contribution in [2.75, 3.05) is 6.54 Å². The number of fused-ring (bicyclic) bond motifs is 1. The molecule has 6 N–H and O–H groups in total. The molecule has 2 rings (SSSR count). The van der Waals surface area contributed by atoms with Crippen molar-refractivity contribution >= 4 is 11.2 Å². The number of aliphatic hydroxyl groups excluding tert-OH is 2. The van der Waals surface area contributed by atoms with Crippen molar-refractivity contribution < 1.29 is 10.2 Å². The smallest absolute Gasteiger partial charge is 0.329 e. The minimum Gasteiger partial charge on any atom is -0.390 e. The van der Waals surface area contributed by atoms with Crippen LogP contribution in [0.4, 0.5) is 0 Å². The Morgan fingerprint density at radius 3 is 2.68 bits per heavy atom. The Morgan fingerprint density at radius 2 is 2.05 bits per heavy atom. The van der Waals surface area contributed by atoms with Gasteiger partial charge in [0.15, 0.2) is 5.65 Å². The van der Waals surface area contributed by atoms with E-state index in [1.165, 1.54) is 7.05 Å². The van der Waals surface area contributed by atoms with E-state index < -0.39 is 23.5 Å². The third kappa shape index (κ3) is 2.30. The molecule has 9 nitrogen and oxygen atoms in total. The zero-order valence-electron chi connectivity index (χ0n) is 10.3. The average molecular weight is 269 g/mol. The lowest BCUT2D eigenvalue weighted by molar-refractivity contribution is 0.0104. The third-order valence-corrected chi connectivity index (χ3v) is 2.88. The lowest BCUT2D eigenvalue weighted by Gasteiger charge is -2.14. The number of nitrogens with two attached hydrogens (primary N) is 1. The van der Waals surface area contributed by atoms with Gasteiger partial charge < -0.3 is 20.9 Å². The molecule has 2 atom stereocenters. The summed E-state index contributed by atoms with van der Waals surface area (Å²) < 4.78 is 1.14. The quantitative estimate of drug-likeness (QED) is 0.421. The van der Waals surface area contributed by atoms with E-state index in [9.17, 15) is 19.8 Å². The van der Waals surface area contributed by atoms with E-state index in [0.29, 0.717) is 0 Å². The molecule has 2 aromatic heterocycles. The van der Waals surface area contributed by atoms with Gasteiger partial charge in [0.05, 0.1) is 6.10 Å². The zero-order chi connectivity index (χ0) is 14.2. The van der Waals surface area contributed by atoms with Gasteiger partial charge in [-0.1, -0.05) is 0 Å². The highest BCUT2D eigenvalue weighted by Crippen LogP contribution is 2.17. The van der Waals surface area contributed by atoms with Crippen LogP contribution in [0.25, 0.3) is 11.2 Å². The predicted octanol–water partition coefficient (Wildman–Crippen LogP) is -2.31. The van der Waals surface area contributed by atoms with Crippen LogP contribution in [-0.2, 0) is 7.05 Å². The van der Waals surface area contributed by atoms with E-state index in [0.717, 1.165) is 4.57 Å². The number of hydrogen-bond acceptors (Lipinski definition) is 6. The number of imidazole rings is 1. The Bertz CT molecular complexity index is 700. The third-order valence-electron chi connectivity index (χ3n) is 2.88. The lowest BCUT2D eigenvalue weighted by Crippen LogP contribution is -2.28. The Kier molecular flexibility index (Phi) is 3.51. The first-order chi connectivity index (χ1) is 8.95. The number of aromatic amines is 2. The molecule has 2 heterocycles. The second-order valence-electron chi connectivity index (χ2n) is 4.23. The molecule has 0 bridgehead atoms. The van der Waals surface area contributed by atoms with E-state index in [2.05, 4.69) is 15.0 Å². The van der Waals surface area contributed by atoms with Gasteiger partial charge in [0.1, 0.15) is 17.4 Å². The molecule has 0 radical (unpaired) electrons. The molecule has 19 heavy (non-hydrogen) atoms. The summed E-state index contributed by atoms with van der Waals surface area (Å²) in [6, 6.07) is 0. The van der Waals surface area contributed by atoms with Crippen molar-refractivity contribution in [1.82, 2.24) is 19.5 Å². The van der Waals surface area contributed by atoms with Gasteiger partial charge in [0.25, 0.3) is 5.56 Å². The van der Waals surface area contributed by atoms with E-state index >= 15 is 0 Å². The number of rotatable bonds is 4. The molecular formula is C10H15N5O4. The summed E-state index contributed by atoms with van der Waals surface area (Å²) in [7, 11) is 1.44. The van der Waals surface area contributed by atoms with Gasteiger partial charge in [-0.2, -0.15) is 0 Å². The van der Waals surface area contributed by atoms with Crippen LogP contribution < -0.4 is 17.0 Å². The maximum absolute atomic E-state index is 11.6. The largest absolute Gasteiger partial charge is 0.390 e. The van der Waals surface area contributed by atoms with Crippen LogP contribution in [0.5, 0.6) is 0 Å². The second kappa shape index (κ2) is 4.96. The minimum absolute atomic E-state index is 0.0163. The van der Waals surface area contributed by atoms with Crippen molar-refractivity contribution in [2.24, 2.45) is 12.8 Å². The van der Waals surface area contributed by atoms with Gasteiger partial charge in [-0.25, -0.2) is 9.78 Å². The number of nitrogens with one attached hydrogen (secondary N) is 2. The average Bonchev–Trinajstić information content (AvgIpc) is 2.81. The summed E-state index contributed by atoms with van der Waals surface area (Å²) in [5.74, 6) is 0.0163. The van der Waals surface area contributed by atoms with Crippen LogP contribution in [0.1, 0.15) is 18.3 Å². The fraction of sp³-hybridized carbons (Fsp3) is 0.500. The normalized spacial score (nSPS) is 14.7. The Balaban J connectivity index is 2.53. The van der Waals surface area contributed by atoms with Crippen molar-refractivity contribution in [3.8, 4) is 0 Å². The van der Waals surface area contributed by atoms with E-state index in [-0.39, 0.29) is 30.0 Å². The zero-order valence-corrected chi connectivity index (χ0v) is 10.3. The van der Waals surface area contributed by atoms with Gasteiger partial charge >= 0.3 is 5.69 Å². The molecule has 9 heteroatoms. The van der Waals surface area contributed by atoms with Gasteiger partial charge in [-0.15, -0.1) is 0 Å². The summed E-state index contributed by atoms with van der Waals surface area (Å²) in [5.41, 5.74) is 4.23. The van der Waals surface area contributed by atoms with Crippen LogP contribution in [0.3, 0.4) is 0 Å². The molecule has 0 aliphatic rings. The predicted molar refractivity (Wildman–Crippen MR) is 66.6 cm³/mol. The van der Waals surface area contributed by atoms with E-state index in [1.807, 2.05) is 0 Å². The standard InChI is InChI=1S/C10H15N5O4/c1-15-8-5(9(18)14-10(15)19)12-7(13-8)6(17)4(16)2-3-11/h4,6,16-17H,2-3,11H2,1H3,(H,12,13)(H,14,18,19). The van der Waals surface area contributed by atoms with Crippen molar-refractivity contribution in [3.63, 3.8) is 0 Å². The highest BCUT2D eigenvalue weighted by molar-refractivity contribution is 5.69. The first-order valence-corrected chi connectivity index (χ1v) is 5.70. The number of H-pyrrole nitrogens is 2. The molecule has 104 valence electrons. The van der Waals surface area contributed by atoms with E-state index in [4.69, 9.17) is 5.73 Å². The molecule has 0 spiro atoms. The Hall–Kier alpha value is -1.97. The van der Waals surface area contributed by atoms with Gasteiger partial charge in [0, 0.05) is 7.05 Å². The maximum atomic E-state index is 11.6. The molecule has 0 saturated heterocycles. The Labute approximate surface area is 106 Å². The van der Waals surface area contributed by atoms with Crippen LogP contribution in [-0.4, -0.2) is 42.4 Å². The molecule has 0 aliphatic heterocycles. The topological polar surface area (TPSA) is 150 Å². The molecule has 0 aliphatic carbocycles. The molecule has 2 unspecified atom stereocenters. The first kappa shape index (κ1) is 13.5. The Morgan fingerprint density at radius 1 is 1.37 bits per heavy atom. The molecule has 0 saturated carbocycles. The van der Waals surface area contributed by atoms with Crippen LogP contribution in [0.2, 0.25) is 0 Å². The number of nitrogens with zero attached hydrogens (tertiary/aromatic N) is 2. The molecular weight excluding hydrogens is 254 g/mol. The number of aliphatic hydroxyl groups is 2.